The predicted molar refractivity (Wildman–Crippen MR) is 73.6 cm³/mol. The minimum atomic E-state index is -0.638. The molecule has 3 saturated heterocycles. The lowest BCUT2D eigenvalue weighted by Crippen LogP contribution is -2.44. The molecule has 3 heterocycles. The lowest BCUT2D eigenvalue weighted by molar-refractivity contribution is -0.235. The molecule has 21 heavy (non-hydrogen) atoms. The molecule has 3 fully saturated rings. The van der Waals surface area contributed by atoms with Crippen LogP contribution in [0.4, 0.5) is 0 Å². The van der Waals surface area contributed by atoms with Crippen LogP contribution in [0.15, 0.2) is 0 Å². The van der Waals surface area contributed by atoms with E-state index in [0.717, 1.165) is 6.42 Å². The SMILES string of the molecule is CCCO[C@@H]1[C@H]([C@@H]2COC(C)(C)O2)O[C@@H]2OC(C)(C)O[C@@H]21. The van der Waals surface area contributed by atoms with Crippen LogP contribution in [0.2, 0.25) is 0 Å². The van der Waals surface area contributed by atoms with Crippen LogP contribution in [-0.2, 0) is 28.4 Å². The molecular weight excluding hydrogens is 276 g/mol. The van der Waals surface area contributed by atoms with Gasteiger partial charge in [0.25, 0.3) is 0 Å². The van der Waals surface area contributed by atoms with E-state index in [9.17, 15) is 0 Å². The number of rotatable bonds is 4. The zero-order valence-electron chi connectivity index (χ0n) is 13.5. The Morgan fingerprint density at radius 2 is 1.76 bits per heavy atom. The molecule has 0 bridgehead atoms. The molecule has 0 spiro atoms. The number of hydrogen-bond acceptors (Lipinski definition) is 6. The summed E-state index contributed by atoms with van der Waals surface area (Å²) in [4.78, 5) is 0. The molecule has 0 aromatic rings. The largest absolute Gasteiger partial charge is 0.372 e. The van der Waals surface area contributed by atoms with Crippen LogP contribution in [-0.4, -0.2) is 55.5 Å². The zero-order valence-corrected chi connectivity index (χ0v) is 13.5. The molecular formula is C15H26O6. The first-order valence-electron chi connectivity index (χ1n) is 7.76. The van der Waals surface area contributed by atoms with E-state index >= 15 is 0 Å². The van der Waals surface area contributed by atoms with Gasteiger partial charge in [0.15, 0.2) is 17.9 Å². The number of fused-ring (bicyclic) bond motifs is 1. The van der Waals surface area contributed by atoms with Gasteiger partial charge in [-0.2, -0.15) is 0 Å². The molecule has 6 heteroatoms. The van der Waals surface area contributed by atoms with Gasteiger partial charge in [-0.3, -0.25) is 0 Å². The normalized spacial score (nSPS) is 44.1. The van der Waals surface area contributed by atoms with Crippen molar-refractivity contribution in [2.45, 2.75) is 83.3 Å². The molecule has 0 aromatic heterocycles. The van der Waals surface area contributed by atoms with Crippen LogP contribution >= 0.6 is 0 Å². The Morgan fingerprint density at radius 3 is 2.38 bits per heavy atom. The Kier molecular flexibility index (Phi) is 4.05. The van der Waals surface area contributed by atoms with Crippen LogP contribution in [0.3, 0.4) is 0 Å². The highest BCUT2D eigenvalue weighted by Gasteiger charge is 2.58. The van der Waals surface area contributed by atoms with E-state index in [-0.39, 0.29) is 24.4 Å². The van der Waals surface area contributed by atoms with E-state index in [1.165, 1.54) is 0 Å². The second-order valence-corrected chi connectivity index (χ2v) is 6.77. The summed E-state index contributed by atoms with van der Waals surface area (Å²) in [5, 5.41) is 0. The van der Waals surface area contributed by atoms with Crippen molar-refractivity contribution in [1.82, 2.24) is 0 Å². The van der Waals surface area contributed by atoms with Crippen molar-refractivity contribution in [2.24, 2.45) is 0 Å². The van der Waals surface area contributed by atoms with Crippen LogP contribution in [0.1, 0.15) is 41.0 Å². The number of hydrogen-bond donors (Lipinski definition) is 0. The molecule has 5 atom stereocenters. The van der Waals surface area contributed by atoms with Gasteiger partial charge in [-0.25, -0.2) is 0 Å². The second kappa shape index (κ2) is 5.44. The predicted octanol–water partition coefficient (Wildman–Crippen LogP) is 1.81. The molecule has 122 valence electrons. The van der Waals surface area contributed by atoms with E-state index in [4.69, 9.17) is 28.4 Å². The molecule has 3 rings (SSSR count). The molecule has 0 unspecified atom stereocenters. The van der Waals surface area contributed by atoms with Crippen molar-refractivity contribution in [3.63, 3.8) is 0 Å². The van der Waals surface area contributed by atoms with Gasteiger partial charge in [0.1, 0.15) is 24.4 Å². The van der Waals surface area contributed by atoms with Gasteiger partial charge in [-0.05, 0) is 34.1 Å². The smallest absolute Gasteiger partial charge is 0.190 e. The lowest BCUT2D eigenvalue weighted by Gasteiger charge is -2.29. The van der Waals surface area contributed by atoms with Crippen molar-refractivity contribution in [3.05, 3.63) is 0 Å². The Bertz CT molecular complexity index is 382. The average Bonchev–Trinajstić information content (AvgIpc) is 2.96. The summed E-state index contributed by atoms with van der Waals surface area (Å²) in [7, 11) is 0. The Labute approximate surface area is 126 Å². The standard InChI is InChI=1S/C15H26O6/c1-6-7-16-11-10(9-8-17-14(2,3)19-9)18-13-12(11)20-15(4,5)21-13/h9-13H,6-8H2,1-5H3/t9-,10-,11+,12+,13+/m0/s1. The van der Waals surface area contributed by atoms with E-state index in [0.29, 0.717) is 13.2 Å². The van der Waals surface area contributed by atoms with E-state index in [1.807, 2.05) is 27.7 Å². The maximum absolute atomic E-state index is 6.03. The van der Waals surface area contributed by atoms with Gasteiger partial charge in [0, 0.05) is 6.61 Å². The van der Waals surface area contributed by atoms with Gasteiger partial charge in [-0.1, -0.05) is 6.92 Å². The highest BCUT2D eigenvalue weighted by atomic mass is 16.8. The Balaban J connectivity index is 1.72. The molecule has 0 aromatic carbocycles. The topological polar surface area (TPSA) is 55.4 Å². The van der Waals surface area contributed by atoms with Crippen molar-refractivity contribution < 1.29 is 28.4 Å². The highest BCUT2D eigenvalue weighted by molar-refractivity contribution is 4.98. The first-order chi connectivity index (χ1) is 9.81. The first-order valence-corrected chi connectivity index (χ1v) is 7.76. The molecule has 3 aliphatic heterocycles. The molecule has 0 radical (unpaired) electrons. The lowest BCUT2D eigenvalue weighted by atomic mass is 10.1. The van der Waals surface area contributed by atoms with Gasteiger partial charge < -0.3 is 28.4 Å². The third kappa shape index (κ3) is 3.11. The fraction of sp³-hybridized carbons (Fsp3) is 1.00. The van der Waals surface area contributed by atoms with Crippen molar-refractivity contribution in [2.75, 3.05) is 13.2 Å². The van der Waals surface area contributed by atoms with Crippen molar-refractivity contribution in [3.8, 4) is 0 Å². The zero-order chi connectivity index (χ0) is 15.3. The second-order valence-electron chi connectivity index (χ2n) is 6.77. The van der Waals surface area contributed by atoms with Crippen LogP contribution in [0, 0.1) is 0 Å². The Morgan fingerprint density at radius 1 is 1.00 bits per heavy atom. The van der Waals surface area contributed by atoms with Crippen molar-refractivity contribution >= 4 is 0 Å². The maximum atomic E-state index is 6.03. The van der Waals surface area contributed by atoms with Gasteiger partial charge in [0.2, 0.25) is 0 Å². The van der Waals surface area contributed by atoms with Crippen LogP contribution < -0.4 is 0 Å². The minimum Gasteiger partial charge on any atom is -0.372 e. The number of ether oxygens (including phenoxy) is 6. The average molecular weight is 302 g/mol. The molecule has 0 amide bonds. The van der Waals surface area contributed by atoms with Crippen molar-refractivity contribution in [1.29, 1.82) is 0 Å². The van der Waals surface area contributed by atoms with Crippen LogP contribution in [0.5, 0.6) is 0 Å². The third-order valence-corrected chi connectivity index (χ3v) is 3.94. The van der Waals surface area contributed by atoms with E-state index in [1.54, 1.807) is 0 Å². The summed E-state index contributed by atoms with van der Waals surface area (Å²) in [6.45, 7) is 10.8. The minimum absolute atomic E-state index is 0.164. The third-order valence-electron chi connectivity index (χ3n) is 3.94. The summed E-state index contributed by atoms with van der Waals surface area (Å²) >= 11 is 0. The first kappa shape index (κ1) is 15.6. The molecule has 3 aliphatic rings. The Hall–Kier alpha value is -0.240. The summed E-state index contributed by atoms with van der Waals surface area (Å²) in [6, 6.07) is 0. The van der Waals surface area contributed by atoms with Crippen LogP contribution in [0.25, 0.3) is 0 Å². The summed E-state index contributed by atoms with van der Waals surface area (Å²) in [6.07, 6.45) is -0.271. The summed E-state index contributed by atoms with van der Waals surface area (Å²) in [5.41, 5.74) is 0. The quantitative estimate of drug-likeness (QED) is 0.789. The molecule has 6 nitrogen and oxygen atoms in total. The van der Waals surface area contributed by atoms with Gasteiger partial charge in [-0.15, -0.1) is 0 Å². The summed E-state index contributed by atoms with van der Waals surface area (Å²) < 4.78 is 35.3. The van der Waals surface area contributed by atoms with E-state index < -0.39 is 17.9 Å². The fourth-order valence-corrected chi connectivity index (χ4v) is 3.12. The molecule has 0 aliphatic carbocycles. The molecule has 0 N–H and O–H groups in total. The highest BCUT2D eigenvalue weighted by Crippen LogP contribution is 2.41. The summed E-state index contributed by atoms with van der Waals surface area (Å²) in [5.74, 6) is -1.22. The van der Waals surface area contributed by atoms with Gasteiger partial charge >= 0.3 is 0 Å². The van der Waals surface area contributed by atoms with E-state index in [2.05, 4.69) is 6.92 Å². The fourth-order valence-electron chi connectivity index (χ4n) is 3.12. The van der Waals surface area contributed by atoms with Gasteiger partial charge in [0.05, 0.1) is 6.61 Å². The monoisotopic (exact) mass is 302 g/mol. The molecule has 0 saturated carbocycles. The maximum Gasteiger partial charge on any atom is 0.190 e.